The highest BCUT2D eigenvalue weighted by Gasteiger charge is 2.35. The minimum atomic E-state index is -0.655. The molecule has 3 unspecified atom stereocenters. The van der Waals surface area contributed by atoms with Gasteiger partial charge in [-0.05, 0) is 31.4 Å². The van der Waals surface area contributed by atoms with Gasteiger partial charge in [0.1, 0.15) is 0 Å². The summed E-state index contributed by atoms with van der Waals surface area (Å²) in [5.74, 6) is -0.411. The molecule has 0 aliphatic carbocycles. The fraction of sp³-hybridized carbons (Fsp3) is 0.533. The van der Waals surface area contributed by atoms with E-state index in [1.54, 1.807) is 0 Å². The average molecular weight is 247 g/mol. The van der Waals surface area contributed by atoms with E-state index in [4.69, 9.17) is 5.11 Å². The molecule has 0 bridgehead atoms. The van der Waals surface area contributed by atoms with Crippen LogP contribution in [0.4, 0.5) is 0 Å². The van der Waals surface area contributed by atoms with Crippen molar-refractivity contribution >= 4 is 5.97 Å². The van der Waals surface area contributed by atoms with Crippen molar-refractivity contribution in [3.8, 4) is 0 Å². The van der Waals surface area contributed by atoms with Crippen LogP contribution >= 0.6 is 0 Å². The molecule has 98 valence electrons. The van der Waals surface area contributed by atoms with Gasteiger partial charge in [-0.15, -0.1) is 0 Å². The van der Waals surface area contributed by atoms with Crippen molar-refractivity contribution in [3.05, 3.63) is 35.9 Å². The van der Waals surface area contributed by atoms with Gasteiger partial charge in [0.05, 0.1) is 5.92 Å². The second-order valence-electron chi connectivity index (χ2n) is 5.28. The highest BCUT2D eigenvalue weighted by Crippen LogP contribution is 2.27. The van der Waals surface area contributed by atoms with Gasteiger partial charge in [0.25, 0.3) is 0 Å². The van der Waals surface area contributed by atoms with Crippen molar-refractivity contribution in [2.75, 3.05) is 13.1 Å². The summed E-state index contributed by atoms with van der Waals surface area (Å²) in [4.78, 5) is 13.4. The third-order valence-electron chi connectivity index (χ3n) is 4.08. The molecule has 18 heavy (non-hydrogen) atoms. The molecule has 0 amide bonds. The summed E-state index contributed by atoms with van der Waals surface area (Å²) >= 11 is 0. The van der Waals surface area contributed by atoms with Gasteiger partial charge < -0.3 is 5.11 Å². The van der Waals surface area contributed by atoms with Crippen molar-refractivity contribution in [3.63, 3.8) is 0 Å². The van der Waals surface area contributed by atoms with Crippen LogP contribution < -0.4 is 0 Å². The van der Waals surface area contributed by atoms with E-state index >= 15 is 0 Å². The minimum absolute atomic E-state index is 0.147. The van der Waals surface area contributed by atoms with Gasteiger partial charge in [-0.25, -0.2) is 0 Å². The number of carboxylic acids is 1. The first-order valence-corrected chi connectivity index (χ1v) is 6.61. The van der Waals surface area contributed by atoms with Gasteiger partial charge in [-0.1, -0.05) is 37.3 Å². The lowest BCUT2D eigenvalue weighted by molar-refractivity contribution is -0.142. The third kappa shape index (κ3) is 2.72. The SMILES string of the molecule is CC(CN1CCC(C(=O)O)C1C)c1ccccc1. The summed E-state index contributed by atoms with van der Waals surface area (Å²) in [5, 5.41) is 9.13. The maximum Gasteiger partial charge on any atom is 0.308 e. The van der Waals surface area contributed by atoms with Crippen LogP contribution in [0, 0.1) is 5.92 Å². The van der Waals surface area contributed by atoms with Gasteiger partial charge in [0.2, 0.25) is 0 Å². The van der Waals surface area contributed by atoms with E-state index in [9.17, 15) is 4.79 Å². The second kappa shape index (κ2) is 5.53. The Morgan fingerprint density at radius 2 is 2.11 bits per heavy atom. The highest BCUT2D eigenvalue weighted by molar-refractivity contribution is 5.71. The molecule has 1 heterocycles. The molecule has 1 saturated heterocycles. The number of carbonyl (C=O) groups is 1. The van der Waals surface area contributed by atoms with Crippen molar-refractivity contribution in [1.29, 1.82) is 0 Å². The fourth-order valence-electron chi connectivity index (χ4n) is 2.83. The van der Waals surface area contributed by atoms with Crippen LogP contribution in [-0.2, 0) is 4.79 Å². The monoisotopic (exact) mass is 247 g/mol. The third-order valence-corrected chi connectivity index (χ3v) is 4.08. The topological polar surface area (TPSA) is 40.5 Å². The molecule has 0 saturated carbocycles. The Kier molecular flexibility index (Phi) is 4.02. The zero-order valence-electron chi connectivity index (χ0n) is 11.0. The van der Waals surface area contributed by atoms with E-state index in [2.05, 4.69) is 36.1 Å². The maximum atomic E-state index is 11.1. The quantitative estimate of drug-likeness (QED) is 0.889. The van der Waals surface area contributed by atoms with Gasteiger partial charge >= 0.3 is 5.97 Å². The molecular formula is C15H21NO2. The van der Waals surface area contributed by atoms with Gasteiger partial charge in [-0.3, -0.25) is 9.69 Å². The van der Waals surface area contributed by atoms with Gasteiger partial charge in [0, 0.05) is 12.6 Å². The van der Waals surface area contributed by atoms with E-state index in [1.165, 1.54) is 5.56 Å². The first kappa shape index (κ1) is 13.1. The second-order valence-corrected chi connectivity index (χ2v) is 5.28. The van der Waals surface area contributed by atoms with Gasteiger partial charge in [0.15, 0.2) is 0 Å². The number of aliphatic carboxylic acids is 1. The molecule has 1 aromatic carbocycles. The zero-order valence-corrected chi connectivity index (χ0v) is 11.0. The molecule has 3 nitrogen and oxygen atoms in total. The normalized spacial score (nSPS) is 26.1. The minimum Gasteiger partial charge on any atom is -0.481 e. The number of benzene rings is 1. The summed E-state index contributed by atoms with van der Waals surface area (Å²) < 4.78 is 0. The van der Waals surface area contributed by atoms with Crippen molar-refractivity contribution < 1.29 is 9.90 Å². The Morgan fingerprint density at radius 1 is 1.44 bits per heavy atom. The van der Waals surface area contributed by atoms with E-state index in [0.717, 1.165) is 19.5 Å². The molecule has 1 fully saturated rings. The predicted molar refractivity (Wildman–Crippen MR) is 71.6 cm³/mol. The lowest BCUT2D eigenvalue weighted by Gasteiger charge is -2.26. The summed E-state index contributed by atoms with van der Waals surface area (Å²) in [5.41, 5.74) is 1.32. The smallest absolute Gasteiger partial charge is 0.308 e. The van der Waals surface area contributed by atoms with Crippen LogP contribution in [0.3, 0.4) is 0 Å². The Labute approximate surface area is 108 Å². The largest absolute Gasteiger partial charge is 0.481 e. The van der Waals surface area contributed by atoms with Crippen LogP contribution in [0.1, 0.15) is 31.7 Å². The maximum absolute atomic E-state index is 11.1. The molecule has 2 rings (SSSR count). The standard InChI is InChI=1S/C15H21NO2/c1-11(13-6-4-3-5-7-13)10-16-9-8-14(12(16)2)15(17)18/h3-7,11-12,14H,8-10H2,1-2H3,(H,17,18). The zero-order chi connectivity index (χ0) is 13.1. The number of likely N-dealkylation sites (tertiary alicyclic amines) is 1. The molecule has 3 atom stereocenters. The van der Waals surface area contributed by atoms with Crippen molar-refractivity contribution in [2.45, 2.75) is 32.2 Å². The van der Waals surface area contributed by atoms with Crippen LogP contribution in [-0.4, -0.2) is 35.1 Å². The average Bonchev–Trinajstić information content (AvgIpc) is 2.72. The first-order valence-electron chi connectivity index (χ1n) is 6.61. The first-order chi connectivity index (χ1) is 8.59. The van der Waals surface area contributed by atoms with E-state index in [-0.39, 0.29) is 12.0 Å². The van der Waals surface area contributed by atoms with Gasteiger partial charge in [-0.2, -0.15) is 0 Å². The van der Waals surface area contributed by atoms with Crippen LogP contribution in [0.15, 0.2) is 30.3 Å². The summed E-state index contributed by atoms with van der Waals surface area (Å²) in [6.45, 7) is 6.07. The van der Waals surface area contributed by atoms with Crippen molar-refractivity contribution in [1.82, 2.24) is 4.90 Å². The van der Waals surface area contributed by atoms with Crippen molar-refractivity contribution in [2.24, 2.45) is 5.92 Å². The molecular weight excluding hydrogens is 226 g/mol. The summed E-state index contributed by atoms with van der Waals surface area (Å²) in [7, 11) is 0. The number of rotatable bonds is 4. The number of carboxylic acid groups (broad SMARTS) is 1. The van der Waals surface area contributed by atoms with Crippen LogP contribution in [0.5, 0.6) is 0 Å². The highest BCUT2D eigenvalue weighted by atomic mass is 16.4. The molecule has 1 N–H and O–H groups in total. The fourth-order valence-corrected chi connectivity index (χ4v) is 2.83. The number of hydrogen-bond donors (Lipinski definition) is 1. The van der Waals surface area contributed by atoms with E-state index in [0.29, 0.717) is 5.92 Å². The molecule has 3 heteroatoms. The van der Waals surface area contributed by atoms with E-state index < -0.39 is 5.97 Å². The van der Waals surface area contributed by atoms with Crippen LogP contribution in [0.2, 0.25) is 0 Å². The molecule has 1 aliphatic rings. The summed E-state index contributed by atoms with van der Waals surface area (Å²) in [6.07, 6.45) is 0.776. The Balaban J connectivity index is 1.97. The molecule has 0 aromatic heterocycles. The lowest BCUT2D eigenvalue weighted by atomic mass is 9.99. The van der Waals surface area contributed by atoms with Crippen LogP contribution in [0.25, 0.3) is 0 Å². The Bertz CT molecular complexity index is 404. The summed E-state index contributed by atoms with van der Waals surface area (Å²) in [6, 6.07) is 10.6. The predicted octanol–water partition coefficient (Wildman–Crippen LogP) is 2.59. The molecule has 1 aliphatic heterocycles. The number of nitrogens with zero attached hydrogens (tertiary/aromatic N) is 1. The molecule has 0 spiro atoms. The number of hydrogen-bond acceptors (Lipinski definition) is 2. The Hall–Kier alpha value is -1.35. The van der Waals surface area contributed by atoms with E-state index in [1.807, 2.05) is 13.0 Å². The lowest BCUT2D eigenvalue weighted by Crippen LogP contribution is -2.35. The molecule has 0 radical (unpaired) electrons. The molecule has 1 aromatic rings. The Morgan fingerprint density at radius 3 is 2.67 bits per heavy atom.